The summed E-state index contributed by atoms with van der Waals surface area (Å²) in [5.74, 6) is -0.550. The number of fused-ring (bicyclic) bond motifs is 7. The van der Waals surface area contributed by atoms with Gasteiger partial charge in [-0.15, -0.1) is 0 Å². The predicted molar refractivity (Wildman–Crippen MR) is 147 cm³/mol. The lowest BCUT2D eigenvalue weighted by Gasteiger charge is -2.38. The summed E-state index contributed by atoms with van der Waals surface area (Å²) in [5.41, 5.74) is 4.59. The Morgan fingerprint density at radius 3 is 2.58 bits per heavy atom. The number of para-hydroxylation sites is 1. The molecule has 0 spiro atoms. The molecule has 0 bridgehead atoms. The molecule has 6 rings (SSSR count). The smallest absolute Gasteiger partial charge is 0.255 e. The largest absolute Gasteiger partial charge is 0.356 e. The zero-order valence-electron chi connectivity index (χ0n) is 22.1. The van der Waals surface area contributed by atoms with Gasteiger partial charge in [0.25, 0.3) is 5.91 Å². The summed E-state index contributed by atoms with van der Waals surface area (Å²) in [7, 11) is 0. The van der Waals surface area contributed by atoms with Crippen LogP contribution in [0, 0.1) is 5.92 Å². The van der Waals surface area contributed by atoms with Crippen molar-refractivity contribution in [3.8, 4) is 0 Å². The average molecular weight is 513 g/mol. The SMILES string of the molecule is CC[C@H](C)[C@H](NC(=O)[C@H]1Cc2c([nH]c3ccccc23)[C@H]2c3ccccc3C(=O)N21)C(=O)NC1CCCCC1. The minimum Gasteiger partial charge on any atom is -0.356 e. The molecule has 3 heterocycles. The highest BCUT2D eigenvalue weighted by Gasteiger charge is 2.49. The normalized spacial score (nSPS) is 22.4. The third-order valence-corrected chi connectivity index (χ3v) is 8.90. The number of carbonyl (C=O) groups is 3. The van der Waals surface area contributed by atoms with Crippen molar-refractivity contribution in [1.29, 1.82) is 0 Å². The van der Waals surface area contributed by atoms with Gasteiger partial charge in [-0.05, 0) is 42.0 Å². The number of hydrogen-bond donors (Lipinski definition) is 3. The molecule has 3 aromatic rings. The fraction of sp³-hybridized carbons (Fsp3) is 0.452. The van der Waals surface area contributed by atoms with Crippen LogP contribution in [0.3, 0.4) is 0 Å². The van der Waals surface area contributed by atoms with E-state index in [-0.39, 0.29) is 35.7 Å². The summed E-state index contributed by atoms with van der Waals surface area (Å²) < 4.78 is 0. The lowest BCUT2D eigenvalue weighted by Crippen LogP contribution is -2.58. The first-order valence-electron chi connectivity index (χ1n) is 14.1. The van der Waals surface area contributed by atoms with Gasteiger partial charge in [0.05, 0.1) is 6.04 Å². The molecular weight excluding hydrogens is 476 g/mol. The quantitative estimate of drug-likeness (QED) is 0.450. The molecule has 3 aliphatic rings. The third kappa shape index (κ3) is 4.08. The highest BCUT2D eigenvalue weighted by Crippen LogP contribution is 2.46. The Morgan fingerprint density at radius 2 is 1.79 bits per heavy atom. The molecule has 0 saturated heterocycles. The fourth-order valence-electron chi connectivity index (χ4n) is 6.63. The molecule has 2 aliphatic heterocycles. The van der Waals surface area contributed by atoms with Gasteiger partial charge in [-0.2, -0.15) is 0 Å². The van der Waals surface area contributed by atoms with Gasteiger partial charge in [-0.3, -0.25) is 14.4 Å². The van der Waals surface area contributed by atoms with E-state index in [1.165, 1.54) is 6.42 Å². The van der Waals surface area contributed by atoms with Gasteiger partial charge in [0.15, 0.2) is 0 Å². The van der Waals surface area contributed by atoms with E-state index in [9.17, 15) is 14.4 Å². The Morgan fingerprint density at radius 1 is 1.05 bits per heavy atom. The molecular formula is C31H36N4O3. The Kier molecular flexibility index (Phi) is 6.46. The highest BCUT2D eigenvalue weighted by atomic mass is 16.2. The first-order valence-corrected chi connectivity index (χ1v) is 14.1. The van der Waals surface area contributed by atoms with Crippen LogP contribution in [-0.4, -0.2) is 45.7 Å². The van der Waals surface area contributed by atoms with Crippen LogP contribution in [0.4, 0.5) is 0 Å². The topological polar surface area (TPSA) is 94.3 Å². The minimum atomic E-state index is -0.708. The van der Waals surface area contributed by atoms with Crippen LogP contribution in [-0.2, 0) is 16.0 Å². The van der Waals surface area contributed by atoms with Crippen molar-refractivity contribution >= 4 is 28.6 Å². The van der Waals surface area contributed by atoms with E-state index in [0.29, 0.717) is 12.0 Å². The van der Waals surface area contributed by atoms with Gasteiger partial charge < -0.3 is 20.5 Å². The Hall–Kier alpha value is -3.61. The van der Waals surface area contributed by atoms with E-state index in [1.807, 2.05) is 56.3 Å². The number of H-pyrrole nitrogens is 1. The summed E-state index contributed by atoms with van der Waals surface area (Å²) in [5, 5.41) is 7.39. The molecule has 3 amide bonds. The van der Waals surface area contributed by atoms with Crippen molar-refractivity contribution < 1.29 is 14.4 Å². The van der Waals surface area contributed by atoms with Gasteiger partial charge in [-0.1, -0.05) is 75.9 Å². The monoisotopic (exact) mass is 512 g/mol. The zero-order valence-corrected chi connectivity index (χ0v) is 22.1. The molecule has 1 aromatic heterocycles. The van der Waals surface area contributed by atoms with Crippen molar-refractivity contribution in [1.82, 2.24) is 20.5 Å². The molecule has 1 saturated carbocycles. The number of aromatic amines is 1. The first-order chi connectivity index (χ1) is 18.5. The van der Waals surface area contributed by atoms with Gasteiger partial charge in [0.2, 0.25) is 11.8 Å². The van der Waals surface area contributed by atoms with Crippen molar-refractivity contribution in [2.75, 3.05) is 0 Å². The number of carbonyl (C=O) groups excluding carboxylic acids is 3. The van der Waals surface area contributed by atoms with Crippen molar-refractivity contribution in [3.05, 3.63) is 70.9 Å². The Labute approximate surface area is 223 Å². The molecule has 7 heteroatoms. The van der Waals surface area contributed by atoms with Crippen LogP contribution < -0.4 is 10.6 Å². The summed E-state index contributed by atoms with van der Waals surface area (Å²) in [6.07, 6.45) is 6.60. The fourth-order valence-corrected chi connectivity index (χ4v) is 6.63. The van der Waals surface area contributed by atoms with Crippen molar-refractivity contribution in [2.24, 2.45) is 5.92 Å². The number of aromatic nitrogens is 1. The molecule has 2 aromatic carbocycles. The molecule has 1 aliphatic carbocycles. The lowest BCUT2D eigenvalue weighted by atomic mass is 9.89. The molecule has 38 heavy (non-hydrogen) atoms. The van der Waals surface area contributed by atoms with E-state index >= 15 is 0 Å². The molecule has 4 atom stereocenters. The van der Waals surface area contributed by atoms with E-state index in [4.69, 9.17) is 0 Å². The predicted octanol–water partition coefficient (Wildman–Crippen LogP) is 4.62. The summed E-state index contributed by atoms with van der Waals surface area (Å²) in [6, 6.07) is 14.2. The third-order valence-electron chi connectivity index (χ3n) is 8.90. The van der Waals surface area contributed by atoms with Gasteiger partial charge in [0.1, 0.15) is 12.1 Å². The Balaban J connectivity index is 1.34. The maximum Gasteiger partial charge on any atom is 0.255 e. The zero-order chi connectivity index (χ0) is 26.4. The molecule has 7 nitrogen and oxygen atoms in total. The van der Waals surface area contributed by atoms with E-state index in [2.05, 4.69) is 21.7 Å². The van der Waals surface area contributed by atoms with E-state index < -0.39 is 12.1 Å². The maximum atomic E-state index is 14.0. The number of benzene rings is 2. The highest BCUT2D eigenvalue weighted by molar-refractivity contribution is 6.04. The van der Waals surface area contributed by atoms with E-state index in [1.54, 1.807) is 4.90 Å². The van der Waals surface area contributed by atoms with Gasteiger partial charge in [-0.25, -0.2) is 0 Å². The molecule has 198 valence electrons. The minimum absolute atomic E-state index is 0.0305. The van der Waals surface area contributed by atoms with Crippen LogP contribution in [0.15, 0.2) is 48.5 Å². The Bertz CT molecular complexity index is 1390. The lowest BCUT2D eigenvalue weighted by molar-refractivity contribution is -0.133. The van der Waals surface area contributed by atoms with Crippen LogP contribution in [0.25, 0.3) is 10.9 Å². The summed E-state index contributed by atoms with van der Waals surface area (Å²) in [6.45, 7) is 4.04. The second-order valence-corrected chi connectivity index (χ2v) is 11.2. The standard InChI is InChI=1S/C31H36N4O3/c1-3-18(2)26(30(37)32-19-11-5-4-6-12-19)34-29(36)25-17-23-20-13-9-10-16-24(20)33-27(23)28-21-14-7-8-15-22(21)31(38)35(25)28/h7-10,13-16,18-19,25-26,28,33H,3-6,11-12,17H2,1-2H3,(H,32,37)(H,34,36)/t18-,25+,26-,28+/m0/s1. The van der Waals surface area contributed by atoms with Crippen LogP contribution in [0.1, 0.15) is 85.6 Å². The molecule has 0 unspecified atom stereocenters. The number of rotatable bonds is 6. The molecule has 3 N–H and O–H groups in total. The van der Waals surface area contributed by atoms with Crippen molar-refractivity contribution in [2.45, 2.75) is 83.0 Å². The van der Waals surface area contributed by atoms with Crippen LogP contribution >= 0.6 is 0 Å². The average Bonchev–Trinajstić information content (AvgIpc) is 3.46. The van der Waals surface area contributed by atoms with Gasteiger partial charge in [0, 0.05) is 34.6 Å². The van der Waals surface area contributed by atoms with Crippen LogP contribution in [0.2, 0.25) is 0 Å². The second-order valence-electron chi connectivity index (χ2n) is 11.2. The number of nitrogens with zero attached hydrogens (tertiary/aromatic N) is 1. The van der Waals surface area contributed by atoms with Crippen LogP contribution in [0.5, 0.6) is 0 Å². The van der Waals surface area contributed by atoms with Gasteiger partial charge >= 0.3 is 0 Å². The number of amides is 3. The maximum absolute atomic E-state index is 14.0. The molecule has 1 fully saturated rings. The molecule has 0 radical (unpaired) electrons. The second kappa shape index (κ2) is 9.93. The number of nitrogens with one attached hydrogen (secondary N) is 3. The van der Waals surface area contributed by atoms with Crippen molar-refractivity contribution in [3.63, 3.8) is 0 Å². The summed E-state index contributed by atoms with van der Waals surface area (Å²) in [4.78, 5) is 46.4. The number of hydrogen-bond acceptors (Lipinski definition) is 3. The first kappa shape index (κ1) is 24.7. The van der Waals surface area contributed by atoms with E-state index in [0.717, 1.165) is 59.8 Å². The summed E-state index contributed by atoms with van der Waals surface area (Å²) >= 11 is 0.